The van der Waals surface area contributed by atoms with Crippen molar-refractivity contribution in [3.63, 3.8) is 0 Å². The molecule has 0 heterocycles. The van der Waals surface area contributed by atoms with Gasteiger partial charge in [0.2, 0.25) is 5.91 Å². The summed E-state index contributed by atoms with van der Waals surface area (Å²) in [6.07, 6.45) is 4.61. The number of nitrogens with zero attached hydrogens (tertiary/aromatic N) is 3. The van der Waals surface area contributed by atoms with Gasteiger partial charge in [-0.15, -0.1) is 0 Å². The lowest BCUT2D eigenvalue weighted by Crippen LogP contribution is -2.52. The largest absolute Gasteiger partial charge is 0.326 e. The first-order valence-electron chi connectivity index (χ1n) is 8.08. The third kappa shape index (κ3) is 4.29. The van der Waals surface area contributed by atoms with Crippen LogP contribution in [0.4, 0.5) is 4.39 Å². The van der Waals surface area contributed by atoms with E-state index in [1.807, 2.05) is 18.0 Å². The van der Waals surface area contributed by atoms with Crippen LogP contribution in [0.25, 0.3) is 0 Å². The van der Waals surface area contributed by atoms with Crippen LogP contribution in [-0.4, -0.2) is 41.9 Å². The average molecular weight is 317 g/mol. The summed E-state index contributed by atoms with van der Waals surface area (Å²) in [7, 11) is 3.56. The number of nitriles is 1. The van der Waals surface area contributed by atoms with Crippen molar-refractivity contribution in [1.82, 2.24) is 9.80 Å². The number of carbonyl (C=O) groups excluding carboxylic acids is 1. The maximum absolute atomic E-state index is 13.2. The first-order valence-corrected chi connectivity index (χ1v) is 8.08. The topological polar surface area (TPSA) is 47.3 Å². The fourth-order valence-corrected chi connectivity index (χ4v) is 3.24. The Kier molecular flexibility index (Phi) is 5.73. The van der Waals surface area contributed by atoms with Crippen molar-refractivity contribution in [3.05, 3.63) is 35.6 Å². The van der Waals surface area contributed by atoms with Crippen LogP contribution < -0.4 is 0 Å². The average Bonchev–Trinajstić information content (AvgIpc) is 2.54. The molecule has 4 nitrogen and oxygen atoms in total. The number of rotatable bonds is 5. The number of likely N-dealkylation sites (N-methyl/N-ethyl adjacent to an activating group) is 2. The Morgan fingerprint density at radius 2 is 2.00 bits per heavy atom. The van der Waals surface area contributed by atoms with Crippen molar-refractivity contribution < 1.29 is 9.18 Å². The van der Waals surface area contributed by atoms with Gasteiger partial charge >= 0.3 is 0 Å². The summed E-state index contributed by atoms with van der Waals surface area (Å²) in [4.78, 5) is 16.0. The molecule has 1 aliphatic carbocycles. The molecular weight excluding hydrogens is 293 g/mol. The van der Waals surface area contributed by atoms with Crippen molar-refractivity contribution in [3.8, 4) is 6.07 Å². The van der Waals surface area contributed by atoms with Gasteiger partial charge in [0.1, 0.15) is 11.4 Å². The molecular formula is C18H24FN3O. The summed E-state index contributed by atoms with van der Waals surface area (Å²) in [5.74, 6) is -0.336. The number of hydrogen-bond acceptors (Lipinski definition) is 3. The zero-order valence-corrected chi connectivity index (χ0v) is 13.9. The second-order valence-electron chi connectivity index (χ2n) is 6.46. The molecule has 1 amide bonds. The summed E-state index contributed by atoms with van der Waals surface area (Å²) in [5, 5.41) is 9.56. The van der Waals surface area contributed by atoms with E-state index in [-0.39, 0.29) is 18.3 Å². The molecule has 1 aromatic carbocycles. The lowest BCUT2D eigenvalue weighted by atomic mass is 9.81. The van der Waals surface area contributed by atoms with E-state index in [4.69, 9.17) is 0 Å². The van der Waals surface area contributed by atoms with Gasteiger partial charge in [-0.1, -0.05) is 31.4 Å². The molecule has 0 atom stereocenters. The van der Waals surface area contributed by atoms with Crippen LogP contribution >= 0.6 is 0 Å². The second kappa shape index (κ2) is 7.56. The van der Waals surface area contributed by atoms with E-state index in [0.717, 1.165) is 37.7 Å². The molecule has 0 spiro atoms. The Bertz CT molecular complexity index is 590. The summed E-state index contributed by atoms with van der Waals surface area (Å²) in [5.41, 5.74) is 0.172. The van der Waals surface area contributed by atoms with E-state index in [0.29, 0.717) is 6.54 Å². The quantitative estimate of drug-likeness (QED) is 0.839. The molecule has 1 fully saturated rings. The van der Waals surface area contributed by atoms with Crippen LogP contribution in [-0.2, 0) is 11.3 Å². The number of amides is 1. The highest BCUT2D eigenvalue weighted by atomic mass is 19.1. The molecule has 2 rings (SSSR count). The molecule has 0 radical (unpaired) electrons. The van der Waals surface area contributed by atoms with Gasteiger partial charge in [-0.3, -0.25) is 9.69 Å². The smallest absolute Gasteiger partial charge is 0.237 e. The standard InChI is InChI=1S/C18H24FN3O/c1-21(12-15-7-6-8-16(19)11-15)13-17(23)22(2)18(14-20)9-4-3-5-10-18/h6-8,11H,3-5,9-10,12-13H2,1-2H3. The second-order valence-corrected chi connectivity index (χ2v) is 6.46. The van der Waals surface area contributed by atoms with Crippen molar-refractivity contribution >= 4 is 5.91 Å². The number of benzene rings is 1. The first-order chi connectivity index (χ1) is 11.0. The molecule has 1 aliphatic rings. The summed E-state index contributed by atoms with van der Waals surface area (Å²) in [6, 6.07) is 8.75. The molecule has 1 saturated carbocycles. The monoisotopic (exact) mass is 317 g/mol. The molecule has 0 aliphatic heterocycles. The first kappa shape index (κ1) is 17.4. The van der Waals surface area contributed by atoms with Gasteiger partial charge in [0.15, 0.2) is 0 Å². The predicted octanol–water partition coefficient (Wildman–Crippen LogP) is 2.94. The van der Waals surface area contributed by atoms with Crippen LogP contribution in [0, 0.1) is 17.1 Å². The maximum Gasteiger partial charge on any atom is 0.237 e. The summed E-state index contributed by atoms with van der Waals surface area (Å²) < 4.78 is 13.2. The van der Waals surface area contributed by atoms with Gasteiger partial charge in [-0.2, -0.15) is 5.26 Å². The normalized spacial score (nSPS) is 16.8. The van der Waals surface area contributed by atoms with Crippen LogP contribution in [0.5, 0.6) is 0 Å². The van der Waals surface area contributed by atoms with Crippen molar-refractivity contribution in [2.45, 2.75) is 44.2 Å². The molecule has 0 aromatic heterocycles. The highest BCUT2D eigenvalue weighted by Gasteiger charge is 2.38. The summed E-state index contributed by atoms with van der Waals surface area (Å²) >= 11 is 0. The molecule has 0 bridgehead atoms. The van der Waals surface area contributed by atoms with E-state index >= 15 is 0 Å². The fraction of sp³-hybridized carbons (Fsp3) is 0.556. The maximum atomic E-state index is 13.2. The fourth-order valence-electron chi connectivity index (χ4n) is 3.24. The SMILES string of the molecule is CN(CC(=O)N(C)C1(C#N)CCCCC1)Cc1cccc(F)c1. The predicted molar refractivity (Wildman–Crippen MR) is 86.9 cm³/mol. The van der Waals surface area contributed by atoms with E-state index < -0.39 is 5.54 Å². The lowest BCUT2D eigenvalue weighted by molar-refractivity contribution is -0.135. The minimum atomic E-state index is -0.658. The molecule has 1 aromatic rings. The molecule has 5 heteroatoms. The van der Waals surface area contributed by atoms with Gasteiger partial charge in [-0.05, 0) is 37.6 Å². The Hall–Kier alpha value is -1.93. The van der Waals surface area contributed by atoms with E-state index in [2.05, 4.69) is 6.07 Å². The van der Waals surface area contributed by atoms with E-state index in [1.54, 1.807) is 18.0 Å². The van der Waals surface area contributed by atoms with Crippen molar-refractivity contribution in [1.29, 1.82) is 5.26 Å². The third-order valence-electron chi connectivity index (χ3n) is 4.65. The van der Waals surface area contributed by atoms with Crippen LogP contribution in [0.3, 0.4) is 0 Å². The molecule has 0 unspecified atom stereocenters. The minimum absolute atomic E-state index is 0.0626. The lowest BCUT2D eigenvalue weighted by Gasteiger charge is -2.39. The summed E-state index contributed by atoms with van der Waals surface area (Å²) in [6.45, 7) is 0.716. The highest BCUT2D eigenvalue weighted by Crippen LogP contribution is 2.32. The Morgan fingerprint density at radius 1 is 1.30 bits per heavy atom. The van der Waals surface area contributed by atoms with Crippen LogP contribution in [0.2, 0.25) is 0 Å². The minimum Gasteiger partial charge on any atom is -0.326 e. The number of halogens is 1. The van der Waals surface area contributed by atoms with Gasteiger partial charge in [-0.25, -0.2) is 4.39 Å². The van der Waals surface area contributed by atoms with Gasteiger partial charge < -0.3 is 4.90 Å². The molecule has 23 heavy (non-hydrogen) atoms. The zero-order valence-electron chi connectivity index (χ0n) is 13.9. The Balaban J connectivity index is 1.96. The Labute approximate surface area is 137 Å². The molecule has 0 saturated heterocycles. The van der Waals surface area contributed by atoms with Crippen molar-refractivity contribution in [2.75, 3.05) is 20.6 Å². The van der Waals surface area contributed by atoms with Crippen LogP contribution in [0.15, 0.2) is 24.3 Å². The van der Waals surface area contributed by atoms with Gasteiger partial charge in [0.05, 0.1) is 12.6 Å². The third-order valence-corrected chi connectivity index (χ3v) is 4.65. The van der Waals surface area contributed by atoms with Crippen molar-refractivity contribution in [2.24, 2.45) is 0 Å². The van der Waals surface area contributed by atoms with E-state index in [1.165, 1.54) is 12.1 Å². The highest BCUT2D eigenvalue weighted by molar-refractivity contribution is 5.79. The Morgan fingerprint density at radius 3 is 2.61 bits per heavy atom. The molecule has 0 N–H and O–H groups in total. The van der Waals surface area contributed by atoms with Crippen LogP contribution in [0.1, 0.15) is 37.7 Å². The van der Waals surface area contributed by atoms with Gasteiger partial charge in [0, 0.05) is 13.6 Å². The zero-order chi connectivity index (χ0) is 16.9. The molecule has 124 valence electrons. The van der Waals surface area contributed by atoms with E-state index in [9.17, 15) is 14.4 Å². The number of hydrogen-bond donors (Lipinski definition) is 0. The number of carbonyl (C=O) groups is 1. The van der Waals surface area contributed by atoms with Gasteiger partial charge in [0.25, 0.3) is 0 Å².